The van der Waals surface area contributed by atoms with Crippen LogP contribution in [0.25, 0.3) is 0 Å². The number of rotatable bonds is 6. The number of hydrogen-bond donors (Lipinski definition) is 0. The molecule has 1 amide bonds. The molecule has 0 radical (unpaired) electrons. The monoisotopic (exact) mass is 340 g/mol. The van der Waals surface area contributed by atoms with Gasteiger partial charge in [-0.25, -0.2) is 4.98 Å². The van der Waals surface area contributed by atoms with Crippen LogP contribution in [0.1, 0.15) is 50.4 Å². The summed E-state index contributed by atoms with van der Waals surface area (Å²) in [5.74, 6) is 2.39. The van der Waals surface area contributed by atoms with Gasteiger partial charge in [-0.05, 0) is 42.9 Å². The Hall–Kier alpha value is -2.17. The van der Waals surface area contributed by atoms with Crippen LogP contribution in [0.15, 0.2) is 36.9 Å². The molecule has 5 heteroatoms. The van der Waals surface area contributed by atoms with E-state index in [0.29, 0.717) is 18.3 Å². The van der Waals surface area contributed by atoms with Crippen molar-refractivity contribution in [3.63, 3.8) is 0 Å². The summed E-state index contributed by atoms with van der Waals surface area (Å²) in [6.45, 7) is 6.76. The molecule has 0 bridgehead atoms. The maximum absolute atomic E-state index is 12.5. The minimum absolute atomic E-state index is 0.269. The number of imidazole rings is 1. The predicted molar refractivity (Wildman–Crippen MR) is 98.2 cm³/mol. The quantitative estimate of drug-likeness (QED) is 0.811. The van der Waals surface area contributed by atoms with Gasteiger partial charge >= 0.3 is 0 Å². The molecule has 3 rings (SSSR count). The zero-order chi connectivity index (χ0) is 17.6. The number of pyridine rings is 1. The van der Waals surface area contributed by atoms with Crippen LogP contribution < -0.4 is 0 Å². The molecule has 2 aromatic rings. The van der Waals surface area contributed by atoms with Crippen molar-refractivity contribution in [3.8, 4) is 0 Å². The molecule has 0 atom stereocenters. The van der Waals surface area contributed by atoms with Gasteiger partial charge in [0.25, 0.3) is 0 Å². The first-order chi connectivity index (χ1) is 12.1. The first kappa shape index (κ1) is 17.6. The molecular formula is C20H28N4O. The van der Waals surface area contributed by atoms with Gasteiger partial charge in [0.15, 0.2) is 0 Å². The van der Waals surface area contributed by atoms with Gasteiger partial charge in [-0.3, -0.25) is 9.78 Å². The highest BCUT2D eigenvalue weighted by molar-refractivity contribution is 5.76. The lowest BCUT2D eigenvalue weighted by atomic mass is 9.90. The van der Waals surface area contributed by atoms with E-state index < -0.39 is 0 Å². The Morgan fingerprint density at radius 1 is 1.20 bits per heavy atom. The van der Waals surface area contributed by atoms with E-state index in [1.807, 2.05) is 29.7 Å². The third kappa shape index (κ3) is 4.68. The van der Waals surface area contributed by atoms with Crippen molar-refractivity contribution in [1.29, 1.82) is 0 Å². The van der Waals surface area contributed by atoms with Crippen molar-refractivity contribution in [2.45, 2.75) is 52.0 Å². The van der Waals surface area contributed by atoms with Crippen molar-refractivity contribution in [1.82, 2.24) is 19.4 Å². The van der Waals surface area contributed by atoms with Crippen molar-refractivity contribution in [2.24, 2.45) is 5.92 Å². The Bertz CT molecular complexity index is 672. The fourth-order valence-corrected chi connectivity index (χ4v) is 3.62. The van der Waals surface area contributed by atoms with E-state index in [-0.39, 0.29) is 5.91 Å². The zero-order valence-electron chi connectivity index (χ0n) is 15.3. The molecule has 0 aromatic carbocycles. The first-order valence-electron chi connectivity index (χ1n) is 9.31. The van der Waals surface area contributed by atoms with Crippen LogP contribution in [0.3, 0.4) is 0 Å². The summed E-state index contributed by atoms with van der Waals surface area (Å²) in [4.78, 5) is 23.0. The highest BCUT2D eigenvalue weighted by Gasteiger charge is 2.23. The third-order valence-corrected chi connectivity index (χ3v) is 5.07. The van der Waals surface area contributed by atoms with E-state index in [9.17, 15) is 4.79 Å². The molecule has 2 aromatic heterocycles. The number of carbonyl (C=O) groups excluding carboxylic acids is 1. The molecule has 3 heterocycles. The number of carbonyl (C=O) groups is 1. The lowest BCUT2D eigenvalue weighted by molar-refractivity contribution is -0.132. The highest BCUT2D eigenvalue weighted by atomic mass is 16.2. The highest BCUT2D eigenvalue weighted by Crippen LogP contribution is 2.22. The molecule has 25 heavy (non-hydrogen) atoms. The van der Waals surface area contributed by atoms with Crippen LogP contribution in [-0.2, 0) is 17.8 Å². The molecule has 5 nitrogen and oxygen atoms in total. The van der Waals surface area contributed by atoms with Crippen LogP contribution in [-0.4, -0.2) is 38.4 Å². The number of hydrogen-bond acceptors (Lipinski definition) is 3. The Balaban J connectivity index is 1.44. The normalized spacial score (nSPS) is 15.7. The number of amides is 1. The van der Waals surface area contributed by atoms with Gasteiger partial charge in [-0.1, -0.05) is 13.8 Å². The first-order valence-corrected chi connectivity index (χ1v) is 9.31. The van der Waals surface area contributed by atoms with E-state index in [0.717, 1.165) is 44.7 Å². The van der Waals surface area contributed by atoms with Crippen molar-refractivity contribution in [2.75, 3.05) is 13.1 Å². The van der Waals surface area contributed by atoms with Crippen LogP contribution >= 0.6 is 0 Å². The van der Waals surface area contributed by atoms with E-state index in [1.54, 1.807) is 0 Å². The SMILES string of the molecule is CC(C)c1nccn1CCC(=O)N1CCC(Cc2ccncc2)CC1. The molecule has 0 saturated carbocycles. The predicted octanol–water partition coefficient (Wildman–Crippen LogP) is 3.27. The molecule has 1 aliphatic heterocycles. The summed E-state index contributed by atoms with van der Waals surface area (Å²) < 4.78 is 2.11. The van der Waals surface area contributed by atoms with Crippen LogP contribution in [0.2, 0.25) is 0 Å². The number of nitrogens with zero attached hydrogens (tertiary/aromatic N) is 4. The summed E-state index contributed by atoms with van der Waals surface area (Å²) in [5, 5.41) is 0. The van der Waals surface area contributed by atoms with Gasteiger partial charge < -0.3 is 9.47 Å². The van der Waals surface area contributed by atoms with Crippen molar-refractivity contribution in [3.05, 3.63) is 48.3 Å². The molecule has 1 fully saturated rings. The van der Waals surface area contributed by atoms with Gasteiger partial charge in [0, 0.05) is 56.8 Å². The average Bonchev–Trinajstić information content (AvgIpc) is 3.10. The standard InChI is InChI=1S/C20H28N4O/c1-16(2)20-22-10-14-24(20)13-7-19(25)23-11-5-18(6-12-23)15-17-3-8-21-9-4-17/h3-4,8-10,14,16,18H,5-7,11-13,15H2,1-2H3. The molecule has 1 saturated heterocycles. The Morgan fingerprint density at radius 3 is 2.60 bits per heavy atom. The van der Waals surface area contributed by atoms with Crippen molar-refractivity contribution >= 4 is 5.91 Å². The smallest absolute Gasteiger partial charge is 0.224 e. The summed E-state index contributed by atoms with van der Waals surface area (Å²) in [5.41, 5.74) is 1.35. The molecule has 134 valence electrons. The minimum atomic E-state index is 0.269. The zero-order valence-corrected chi connectivity index (χ0v) is 15.3. The molecule has 1 aliphatic rings. The molecular weight excluding hydrogens is 312 g/mol. The lowest BCUT2D eigenvalue weighted by Gasteiger charge is -2.32. The van der Waals surface area contributed by atoms with Gasteiger partial charge in [-0.2, -0.15) is 0 Å². The Morgan fingerprint density at radius 2 is 1.92 bits per heavy atom. The number of piperidine rings is 1. The second-order valence-corrected chi connectivity index (χ2v) is 7.27. The van der Waals surface area contributed by atoms with Crippen LogP contribution in [0, 0.1) is 5.92 Å². The fraction of sp³-hybridized carbons (Fsp3) is 0.550. The largest absolute Gasteiger partial charge is 0.343 e. The number of aryl methyl sites for hydroxylation is 1. The Labute approximate surface area is 150 Å². The fourth-order valence-electron chi connectivity index (χ4n) is 3.62. The average molecular weight is 340 g/mol. The summed E-state index contributed by atoms with van der Waals surface area (Å²) >= 11 is 0. The van der Waals surface area contributed by atoms with E-state index in [2.05, 4.69) is 40.5 Å². The molecule has 0 spiro atoms. The topological polar surface area (TPSA) is 51.0 Å². The minimum Gasteiger partial charge on any atom is -0.343 e. The summed E-state index contributed by atoms with van der Waals surface area (Å²) in [6.07, 6.45) is 11.4. The van der Waals surface area contributed by atoms with Gasteiger partial charge in [-0.15, -0.1) is 0 Å². The second kappa shape index (κ2) is 8.28. The Kier molecular flexibility index (Phi) is 5.84. The summed E-state index contributed by atoms with van der Waals surface area (Å²) in [6, 6.07) is 4.18. The van der Waals surface area contributed by atoms with Crippen LogP contribution in [0.4, 0.5) is 0 Å². The molecule has 0 unspecified atom stereocenters. The van der Waals surface area contributed by atoms with E-state index in [4.69, 9.17) is 0 Å². The van der Waals surface area contributed by atoms with Gasteiger partial charge in [0.05, 0.1) is 0 Å². The van der Waals surface area contributed by atoms with Gasteiger partial charge in [0.1, 0.15) is 5.82 Å². The maximum atomic E-state index is 12.5. The second-order valence-electron chi connectivity index (χ2n) is 7.27. The lowest BCUT2D eigenvalue weighted by Crippen LogP contribution is -2.39. The third-order valence-electron chi connectivity index (χ3n) is 5.07. The molecule has 0 N–H and O–H groups in total. The van der Waals surface area contributed by atoms with Gasteiger partial charge in [0.2, 0.25) is 5.91 Å². The molecule has 0 aliphatic carbocycles. The number of likely N-dealkylation sites (tertiary alicyclic amines) is 1. The van der Waals surface area contributed by atoms with Crippen molar-refractivity contribution < 1.29 is 4.79 Å². The van der Waals surface area contributed by atoms with E-state index in [1.165, 1.54) is 5.56 Å². The summed E-state index contributed by atoms with van der Waals surface area (Å²) in [7, 11) is 0. The van der Waals surface area contributed by atoms with E-state index >= 15 is 0 Å². The number of aromatic nitrogens is 3. The maximum Gasteiger partial charge on any atom is 0.224 e. The van der Waals surface area contributed by atoms with Crippen LogP contribution in [0.5, 0.6) is 0 Å².